The molecule has 0 spiro atoms. The topological polar surface area (TPSA) is 62.7 Å². The Balaban J connectivity index is 1.58. The van der Waals surface area contributed by atoms with Crippen molar-refractivity contribution in [2.45, 2.75) is 31.1 Å². The van der Waals surface area contributed by atoms with Gasteiger partial charge in [0.15, 0.2) is 0 Å². The Morgan fingerprint density at radius 1 is 1.11 bits per heavy atom. The van der Waals surface area contributed by atoms with Crippen LogP contribution in [0.2, 0.25) is 0 Å². The van der Waals surface area contributed by atoms with E-state index in [0.29, 0.717) is 26.2 Å². The first-order valence-electron chi connectivity index (χ1n) is 9.34. The molecule has 1 aromatic heterocycles. The third-order valence-electron chi connectivity index (χ3n) is 4.84. The predicted octanol–water partition coefficient (Wildman–Crippen LogP) is 3.08. The summed E-state index contributed by atoms with van der Waals surface area (Å²) >= 11 is 0. The molecule has 1 aromatic carbocycles. The second kappa shape index (κ2) is 8.71. The van der Waals surface area contributed by atoms with Gasteiger partial charge in [-0.05, 0) is 43.5 Å². The number of hydrogen-bond acceptors (Lipinski definition) is 5. The van der Waals surface area contributed by atoms with E-state index in [1.165, 1.54) is 6.20 Å². The normalized spacial score (nSPS) is 15.5. The Kier molecular flexibility index (Phi) is 6.34. The maximum atomic E-state index is 12.7. The van der Waals surface area contributed by atoms with Crippen molar-refractivity contribution in [1.82, 2.24) is 9.29 Å². The van der Waals surface area contributed by atoms with Crippen LogP contribution in [0, 0.1) is 6.92 Å². The van der Waals surface area contributed by atoms with Crippen LogP contribution in [0.1, 0.15) is 24.8 Å². The summed E-state index contributed by atoms with van der Waals surface area (Å²) in [5.74, 6) is 1.60. The lowest BCUT2D eigenvalue weighted by molar-refractivity contribution is 0.323. The van der Waals surface area contributed by atoms with Crippen LogP contribution in [0.25, 0.3) is 0 Å². The molecule has 0 amide bonds. The molecule has 0 aliphatic carbocycles. The van der Waals surface area contributed by atoms with Gasteiger partial charge in [-0.2, -0.15) is 4.31 Å². The molecular formula is C20H27N3O3S. The number of sulfonamides is 1. The van der Waals surface area contributed by atoms with Crippen LogP contribution in [0.4, 0.5) is 5.82 Å². The second-order valence-corrected chi connectivity index (χ2v) is 8.79. The lowest BCUT2D eigenvalue weighted by atomic mass is 10.2. The van der Waals surface area contributed by atoms with E-state index in [1.807, 2.05) is 43.1 Å². The molecule has 1 aliphatic rings. The molecule has 3 rings (SSSR count). The van der Waals surface area contributed by atoms with Gasteiger partial charge < -0.3 is 9.64 Å². The largest absolute Gasteiger partial charge is 0.491 e. The van der Waals surface area contributed by atoms with Crippen molar-refractivity contribution in [2.24, 2.45) is 0 Å². The monoisotopic (exact) mass is 389 g/mol. The maximum absolute atomic E-state index is 12.7. The van der Waals surface area contributed by atoms with E-state index in [9.17, 15) is 8.42 Å². The van der Waals surface area contributed by atoms with E-state index in [1.54, 1.807) is 16.4 Å². The zero-order valence-electron chi connectivity index (χ0n) is 16.0. The molecule has 146 valence electrons. The van der Waals surface area contributed by atoms with Crippen LogP contribution in [0.15, 0.2) is 47.5 Å². The molecule has 1 fully saturated rings. The molecule has 27 heavy (non-hydrogen) atoms. The summed E-state index contributed by atoms with van der Waals surface area (Å²) in [7, 11) is -1.52. The van der Waals surface area contributed by atoms with Crippen LogP contribution in [-0.4, -0.2) is 51.0 Å². The van der Waals surface area contributed by atoms with Crippen LogP contribution in [0.3, 0.4) is 0 Å². The number of anilines is 1. The quantitative estimate of drug-likeness (QED) is 0.728. The SMILES string of the molecule is Cc1ccccc1OCCN(C)c1ccc(S(=O)(=O)N2CCCCC2)cn1. The number of aromatic nitrogens is 1. The minimum Gasteiger partial charge on any atom is -0.491 e. The number of piperidine rings is 1. The number of likely N-dealkylation sites (N-methyl/N-ethyl adjacent to an activating group) is 1. The van der Waals surface area contributed by atoms with E-state index in [-0.39, 0.29) is 4.90 Å². The van der Waals surface area contributed by atoms with Gasteiger partial charge in [0.1, 0.15) is 23.1 Å². The number of rotatable bonds is 7. The van der Waals surface area contributed by atoms with E-state index < -0.39 is 10.0 Å². The standard InChI is InChI=1S/C20H27N3O3S/c1-17-8-4-5-9-19(17)26-15-14-22(2)20-11-10-18(16-21-20)27(24,25)23-12-6-3-7-13-23/h4-5,8-11,16H,3,6-7,12-15H2,1-2H3. The molecule has 2 heterocycles. The molecular weight excluding hydrogens is 362 g/mol. The minimum absolute atomic E-state index is 0.262. The molecule has 0 radical (unpaired) electrons. The number of aryl methyl sites for hydroxylation is 1. The Labute approximate surface area is 161 Å². The minimum atomic E-state index is -3.43. The third-order valence-corrected chi connectivity index (χ3v) is 6.72. The van der Waals surface area contributed by atoms with Crippen molar-refractivity contribution in [3.05, 3.63) is 48.2 Å². The molecule has 6 nitrogen and oxygen atoms in total. The molecule has 0 unspecified atom stereocenters. The summed E-state index contributed by atoms with van der Waals surface area (Å²) in [5, 5.41) is 0. The molecule has 2 aromatic rings. The maximum Gasteiger partial charge on any atom is 0.244 e. The third kappa shape index (κ3) is 4.78. The Morgan fingerprint density at radius 2 is 1.85 bits per heavy atom. The summed E-state index contributed by atoms with van der Waals surface area (Å²) < 4.78 is 32.7. The highest BCUT2D eigenvalue weighted by Crippen LogP contribution is 2.21. The zero-order valence-corrected chi connectivity index (χ0v) is 16.8. The van der Waals surface area contributed by atoms with Gasteiger partial charge in [-0.3, -0.25) is 0 Å². The van der Waals surface area contributed by atoms with Crippen molar-refractivity contribution in [1.29, 1.82) is 0 Å². The number of benzene rings is 1. The van der Waals surface area contributed by atoms with E-state index >= 15 is 0 Å². The van der Waals surface area contributed by atoms with Gasteiger partial charge >= 0.3 is 0 Å². The Morgan fingerprint density at radius 3 is 2.52 bits per heavy atom. The highest BCUT2D eigenvalue weighted by molar-refractivity contribution is 7.89. The first-order chi connectivity index (χ1) is 13.0. The highest BCUT2D eigenvalue weighted by atomic mass is 32.2. The summed E-state index contributed by atoms with van der Waals surface area (Å²) in [5.41, 5.74) is 1.10. The van der Waals surface area contributed by atoms with Crippen molar-refractivity contribution < 1.29 is 13.2 Å². The van der Waals surface area contributed by atoms with Crippen molar-refractivity contribution in [2.75, 3.05) is 38.2 Å². The first-order valence-corrected chi connectivity index (χ1v) is 10.8. The second-order valence-electron chi connectivity index (χ2n) is 6.85. The molecule has 0 N–H and O–H groups in total. The van der Waals surface area contributed by atoms with Crippen LogP contribution in [0.5, 0.6) is 5.75 Å². The predicted molar refractivity (Wildman–Crippen MR) is 107 cm³/mol. The van der Waals surface area contributed by atoms with E-state index in [0.717, 1.165) is 36.4 Å². The zero-order chi connectivity index (χ0) is 19.3. The fourth-order valence-corrected chi connectivity index (χ4v) is 4.59. The number of para-hydroxylation sites is 1. The number of ether oxygens (including phenoxy) is 1. The lowest BCUT2D eigenvalue weighted by Crippen LogP contribution is -2.35. The van der Waals surface area contributed by atoms with Gasteiger partial charge in [0, 0.05) is 26.3 Å². The summed E-state index contributed by atoms with van der Waals surface area (Å²) in [6.07, 6.45) is 4.40. The van der Waals surface area contributed by atoms with Gasteiger partial charge in [-0.1, -0.05) is 24.6 Å². The summed E-state index contributed by atoms with van der Waals surface area (Å²) in [6.45, 7) is 4.39. The van der Waals surface area contributed by atoms with Gasteiger partial charge in [-0.25, -0.2) is 13.4 Å². The van der Waals surface area contributed by atoms with Crippen LogP contribution < -0.4 is 9.64 Å². The van der Waals surface area contributed by atoms with Gasteiger partial charge in [0.2, 0.25) is 10.0 Å². The van der Waals surface area contributed by atoms with E-state index in [4.69, 9.17) is 4.74 Å². The van der Waals surface area contributed by atoms with Crippen LogP contribution in [-0.2, 0) is 10.0 Å². The van der Waals surface area contributed by atoms with Gasteiger partial charge in [-0.15, -0.1) is 0 Å². The average molecular weight is 390 g/mol. The summed E-state index contributed by atoms with van der Waals surface area (Å²) in [4.78, 5) is 6.56. The van der Waals surface area contributed by atoms with E-state index in [2.05, 4.69) is 4.98 Å². The molecule has 7 heteroatoms. The molecule has 0 atom stereocenters. The van der Waals surface area contributed by atoms with Crippen molar-refractivity contribution >= 4 is 15.8 Å². The molecule has 1 aliphatic heterocycles. The smallest absolute Gasteiger partial charge is 0.244 e. The highest BCUT2D eigenvalue weighted by Gasteiger charge is 2.26. The molecule has 0 saturated carbocycles. The number of hydrogen-bond donors (Lipinski definition) is 0. The van der Waals surface area contributed by atoms with Crippen molar-refractivity contribution in [3.8, 4) is 5.75 Å². The van der Waals surface area contributed by atoms with Crippen molar-refractivity contribution in [3.63, 3.8) is 0 Å². The number of nitrogens with zero attached hydrogens (tertiary/aromatic N) is 3. The Hall–Kier alpha value is -2.12. The summed E-state index contributed by atoms with van der Waals surface area (Å²) in [6, 6.07) is 11.3. The lowest BCUT2D eigenvalue weighted by Gasteiger charge is -2.26. The fourth-order valence-electron chi connectivity index (χ4n) is 3.13. The molecule has 0 bridgehead atoms. The fraction of sp³-hybridized carbons (Fsp3) is 0.450. The van der Waals surface area contributed by atoms with Crippen LogP contribution >= 0.6 is 0 Å². The number of pyridine rings is 1. The van der Waals surface area contributed by atoms with Gasteiger partial charge in [0.25, 0.3) is 0 Å². The first kappa shape index (κ1) is 19.6. The average Bonchev–Trinajstić information content (AvgIpc) is 2.70. The molecule has 1 saturated heterocycles. The Bertz CT molecular complexity index is 847. The van der Waals surface area contributed by atoms with Gasteiger partial charge in [0.05, 0.1) is 6.54 Å².